The molecule has 0 aliphatic rings. The van der Waals surface area contributed by atoms with Crippen LogP contribution in [0.2, 0.25) is 0 Å². The second kappa shape index (κ2) is 11.1. The summed E-state index contributed by atoms with van der Waals surface area (Å²) < 4.78 is 11.0. The van der Waals surface area contributed by atoms with Crippen LogP contribution < -0.4 is 10.6 Å². The number of amides is 1. The molecule has 4 aromatic rings. The second-order valence-electron chi connectivity index (χ2n) is 8.98. The van der Waals surface area contributed by atoms with Crippen LogP contribution >= 0.6 is 0 Å². The number of aromatic nitrogens is 1. The highest BCUT2D eigenvalue weighted by Gasteiger charge is 2.14. The summed E-state index contributed by atoms with van der Waals surface area (Å²) in [5.74, 6) is -0.297. The van der Waals surface area contributed by atoms with Gasteiger partial charge in [-0.05, 0) is 73.2 Å². The molecule has 0 saturated heterocycles. The van der Waals surface area contributed by atoms with Crippen molar-refractivity contribution in [3.63, 3.8) is 0 Å². The number of esters is 1. The number of nitrogens with one attached hydrogen (secondary N) is 2. The maximum absolute atomic E-state index is 12.7. The molecule has 7 nitrogen and oxygen atoms in total. The number of benzene rings is 3. The van der Waals surface area contributed by atoms with Crippen molar-refractivity contribution in [1.82, 2.24) is 4.98 Å². The maximum Gasteiger partial charge on any atom is 0.306 e. The van der Waals surface area contributed by atoms with Gasteiger partial charge in [0.1, 0.15) is 5.52 Å². The summed E-state index contributed by atoms with van der Waals surface area (Å²) >= 11 is 0. The molecule has 36 heavy (non-hydrogen) atoms. The van der Waals surface area contributed by atoms with Crippen molar-refractivity contribution in [3.05, 3.63) is 82.9 Å². The molecule has 7 heteroatoms. The number of anilines is 3. The Morgan fingerprint density at radius 2 is 1.78 bits per heavy atom. The molecule has 0 aliphatic carbocycles. The quantitative estimate of drug-likeness (QED) is 0.266. The van der Waals surface area contributed by atoms with Crippen LogP contribution in [0.3, 0.4) is 0 Å². The van der Waals surface area contributed by atoms with E-state index < -0.39 is 0 Å². The highest BCUT2D eigenvalue weighted by Crippen LogP contribution is 2.27. The van der Waals surface area contributed by atoms with Crippen molar-refractivity contribution < 1.29 is 18.7 Å². The summed E-state index contributed by atoms with van der Waals surface area (Å²) in [5, 5.41) is 6.17. The molecule has 0 radical (unpaired) electrons. The standard InChI is InChI=1S/C29H31N3O4/c1-5-35-27(34)15-19(3)22-10-12-23(13-11-22)30-26(33)17-21-14-20(4)28-25(16-21)36-29(32-28)31-24-9-7-6-8-18(24)2/h6-14,16,19H,5,15,17H2,1-4H3,(H,30,33)(H,31,32)/t19-/m1/s1. The first-order valence-corrected chi connectivity index (χ1v) is 12.1. The van der Waals surface area contributed by atoms with E-state index >= 15 is 0 Å². The summed E-state index contributed by atoms with van der Waals surface area (Å²) in [5.41, 5.74) is 6.93. The van der Waals surface area contributed by atoms with E-state index in [0.717, 1.165) is 33.5 Å². The molecule has 0 fully saturated rings. The van der Waals surface area contributed by atoms with Gasteiger partial charge in [-0.2, -0.15) is 4.98 Å². The number of carbonyl (C=O) groups is 2. The Labute approximate surface area is 210 Å². The van der Waals surface area contributed by atoms with Gasteiger partial charge < -0.3 is 19.8 Å². The van der Waals surface area contributed by atoms with Crippen molar-refractivity contribution in [2.24, 2.45) is 0 Å². The number of fused-ring (bicyclic) bond motifs is 1. The van der Waals surface area contributed by atoms with Gasteiger partial charge in [0.25, 0.3) is 6.01 Å². The van der Waals surface area contributed by atoms with Crippen molar-refractivity contribution in [3.8, 4) is 0 Å². The molecular weight excluding hydrogens is 454 g/mol. The summed E-state index contributed by atoms with van der Waals surface area (Å²) in [6.45, 7) is 8.13. The van der Waals surface area contributed by atoms with Crippen molar-refractivity contribution in [1.29, 1.82) is 0 Å². The van der Waals surface area contributed by atoms with Gasteiger partial charge in [-0.1, -0.05) is 43.3 Å². The van der Waals surface area contributed by atoms with Crippen LogP contribution in [-0.2, 0) is 20.7 Å². The summed E-state index contributed by atoms with van der Waals surface area (Å²) in [6.07, 6.45) is 0.532. The summed E-state index contributed by atoms with van der Waals surface area (Å²) in [4.78, 5) is 29.0. The third kappa shape index (κ3) is 6.10. The van der Waals surface area contributed by atoms with Gasteiger partial charge in [0, 0.05) is 11.4 Å². The monoisotopic (exact) mass is 485 g/mol. The van der Waals surface area contributed by atoms with Gasteiger partial charge >= 0.3 is 5.97 Å². The predicted octanol–water partition coefficient (Wildman–Crippen LogP) is 6.43. The van der Waals surface area contributed by atoms with Crippen LogP contribution in [-0.4, -0.2) is 23.5 Å². The number of hydrogen-bond acceptors (Lipinski definition) is 6. The van der Waals surface area contributed by atoms with E-state index in [2.05, 4.69) is 15.6 Å². The third-order valence-corrected chi connectivity index (χ3v) is 6.04. The highest BCUT2D eigenvalue weighted by molar-refractivity contribution is 5.93. The first-order valence-electron chi connectivity index (χ1n) is 12.1. The van der Waals surface area contributed by atoms with Gasteiger partial charge in [-0.3, -0.25) is 9.59 Å². The van der Waals surface area contributed by atoms with Crippen LogP contribution in [0.5, 0.6) is 0 Å². The lowest BCUT2D eigenvalue weighted by Crippen LogP contribution is -2.14. The maximum atomic E-state index is 12.7. The van der Waals surface area contributed by atoms with E-state index in [4.69, 9.17) is 9.15 Å². The molecule has 0 bridgehead atoms. The number of nitrogens with zero attached hydrogens (tertiary/aromatic N) is 1. The third-order valence-electron chi connectivity index (χ3n) is 6.04. The molecule has 3 aromatic carbocycles. The van der Waals surface area contributed by atoms with Crippen LogP contribution in [0.1, 0.15) is 48.4 Å². The van der Waals surface area contributed by atoms with E-state index in [1.807, 2.05) is 81.4 Å². The zero-order chi connectivity index (χ0) is 25.7. The summed E-state index contributed by atoms with van der Waals surface area (Å²) in [7, 11) is 0. The molecule has 1 aromatic heterocycles. The zero-order valence-electron chi connectivity index (χ0n) is 21.1. The van der Waals surface area contributed by atoms with Crippen LogP contribution in [0.4, 0.5) is 17.4 Å². The molecule has 0 unspecified atom stereocenters. The minimum absolute atomic E-state index is 0.0376. The number of ether oxygens (including phenoxy) is 1. The molecule has 0 aliphatic heterocycles. The molecule has 2 N–H and O–H groups in total. The Hall–Kier alpha value is -4.13. The smallest absolute Gasteiger partial charge is 0.306 e. The normalized spacial score (nSPS) is 11.8. The van der Waals surface area contributed by atoms with Gasteiger partial charge in [0.15, 0.2) is 5.58 Å². The minimum atomic E-state index is -0.209. The number of hydrogen-bond donors (Lipinski definition) is 2. The lowest BCUT2D eigenvalue weighted by atomic mass is 9.97. The Morgan fingerprint density at radius 1 is 1.03 bits per heavy atom. The van der Waals surface area contributed by atoms with Crippen molar-refractivity contribution >= 4 is 40.4 Å². The van der Waals surface area contributed by atoms with E-state index in [1.165, 1.54) is 0 Å². The van der Waals surface area contributed by atoms with E-state index in [0.29, 0.717) is 30.3 Å². The van der Waals surface area contributed by atoms with Crippen molar-refractivity contribution in [2.75, 3.05) is 17.2 Å². The number of aryl methyl sites for hydroxylation is 2. The SMILES string of the molecule is CCOC(=O)C[C@@H](C)c1ccc(NC(=O)Cc2cc(C)c3nc(Nc4ccccc4C)oc3c2)cc1. The van der Waals surface area contributed by atoms with Crippen molar-refractivity contribution in [2.45, 2.75) is 46.5 Å². The topological polar surface area (TPSA) is 93.5 Å². The van der Waals surface area contributed by atoms with Gasteiger partial charge in [0.05, 0.1) is 19.4 Å². The molecule has 1 heterocycles. The average molecular weight is 486 g/mol. The molecule has 4 rings (SSSR count). The fourth-order valence-electron chi connectivity index (χ4n) is 4.13. The zero-order valence-corrected chi connectivity index (χ0v) is 21.1. The van der Waals surface area contributed by atoms with Gasteiger partial charge in [-0.15, -0.1) is 0 Å². The number of para-hydroxylation sites is 1. The first-order chi connectivity index (χ1) is 17.3. The van der Waals surface area contributed by atoms with E-state index in [9.17, 15) is 9.59 Å². The number of carbonyl (C=O) groups excluding carboxylic acids is 2. The number of oxazole rings is 1. The fourth-order valence-corrected chi connectivity index (χ4v) is 4.13. The molecule has 1 atom stereocenters. The Morgan fingerprint density at radius 3 is 2.50 bits per heavy atom. The average Bonchev–Trinajstić information content (AvgIpc) is 3.24. The summed E-state index contributed by atoms with van der Waals surface area (Å²) in [6, 6.07) is 19.7. The minimum Gasteiger partial charge on any atom is -0.466 e. The predicted molar refractivity (Wildman–Crippen MR) is 142 cm³/mol. The largest absolute Gasteiger partial charge is 0.466 e. The first kappa shape index (κ1) is 25.0. The van der Waals surface area contributed by atoms with Crippen LogP contribution in [0, 0.1) is 13.8 Å². The van der Waals surface area contributed by atoms with Gasteiger partial charge in [0.2, 0.25) is 5.91 Å². The van der Waals surface area contributed by atoms with E-state index in [-0.39, 0.29) is 24.2 Å². The number of rotatable bonds is 9. The molecule has 1 amide bonds. The Kier molecular flexibility index (Phi) is 7.68. The van der Waals surface area contributed by atoms with Crippen LogP contribution in [0.15, 0.2) is 65.1 Å². The van der Waals surface area contributed by atoms with Gasteiger partial charge in [-0.25, -0.2) is 0 Å². The molecular formula is C29H31N3O4. The highest BCUT2D eigenvalue weighted by atomic mass is 16.5. The lowest BCUT2D eigenvalue weighted by Gasteiger charge is -2.12. The Bertz CT molecular complexity index is 1380. The van der Waals surface area contributed by atoms with E-state index in [1.54, 1.807) is 6.92 Å². The second-order valence-corrected chi connectivity index (χ2v) is 8.98. The molecule has 0 spiro atoms. The Balaban J connectivity index is 1.40. The molecule has 0 saturated carbocycles. The lowest BCUT2D eigenvalue weighted by molar-refractivity contribution is -0.143. The van der Waals surface area contributed by atoms with Crippen LogP contribution in [0.25, 0.3) is 11.1 Å². The molecule has 186 valence electrons. The fraction of sp³-hybridized carbons (Fsp3) is 0.276.